The highest BCUT2D eigenvalue weighted by Crippen LogP contribution is 2.28. The molecule has 0 amide bonds. The highest BCUT2D eigenvalue weighted by atomic mass is 19.1. The number of halogens is 2. The second-order valence-corrected chi connectivity index (χ2v) is 9.26. The zero-order chi connectivity index (χ0) is 24.5. The highest BCUT2D eigenvalue weighted by molar-refractivity contribution is 5.79. The molecule has 0 atom stereocenters. The second-order valence-electron chi connectivity index (χ2n) is 9.26. The van der Waals surface area contributed by atoms with Crippen LogP contribution in [0.4, 0.5) is 8.78 Å². The van der Waals surface area contributed by atoms with Gasteiger partial charge in [0.15, 0.2) is 5.65 Å². The van der Waals surface area contributed by atoms with Gasteiger partial charge in [0.2, 0.25) is 0 Å². The Kier molecular flexibility index (Phi) is 6.42. The number of imidazole rings is 1. The maximum absolute atomic E-state index is 15.3. The van der Waals surface area contributed by atoms with Gasteiger partial charge < -0.3 is 14.2 Å². The van der Waals surface area contributed by atoms with E-state index in [1.54, 1.807) is 17.6 Å². The number of ether oxygens (including phenoxy) is 1. The lowest BCUT2D eigenvalue weighted by atomic mass is 9.90. The fourth-order valence-corrected chi connectivity index (χ4v) is 4.72. The van der Waals surface area contributed by atoms with Gasteiger partial charge in [-0.15, -0.1) is 0 Å². The van der Waals surface area contributed by atoms with Crippen LogP contribution in [0.1, 0.15) is 29.7 Å². The molecular formula is C26H28F2N6O. The normalized spacial score (nSPS) is 15.1. The summed E-state index contributed by atoms with van der Waals surface area (Å²) in [6.45, 7) is 4.14. The average Bonchev–Trinajstić information content (AvgIpc) is 3.21. The molecule has 1 fully saturated rings. The Morgan fingerprint density at radius 1 is 1.06 bits per heavy atom. The van der Waals surface area contributed by atoms with E-state index in [-0.39, 0.29) is 18.4 Å². The zero-order valence-corrected chi connectivity index (χ0v) is 20.1. The molecule has 1 aliphatic rings. The lowest BCUT2D eigenvalue weighted by molar-refractivity contribution is 0.219. The Morgan fingerprint density at radius 2 is 1.86 bits per heavy atom. The van der Waals surface area contributed by atoms with Crippen molar-refractivity contribution in [3.8, 4) is 17.4 Å². The van der Waals surface area contributed by atoms with E-state index >= 15 is 4.39 Å². The van der Waals surface area contributed by atoms with Crippen LogP contribution in [0.25, 0.3) is 22.6 Å². The minimum absolute atomic E-state index is 0.169. The van der Waals surface area contributed by atoms with E-state index in [0.717, 1.165) is 44.1 Å². The van der Waals surface area contributed by atoms with Crippen LogP contribution in [0.2, 0.25) is 0 Å². The van der Waals surface area contributed by atoms with Crippen LogP contribution in [0.5, 0.6) is 6.01 Å². The lowest BCUT2D eigenvalue weighted by Crippen LogP contribution is -2.30. The van der Waals surface area contributed by atoms with Gasteiger partial charge in [0.05, 0.1) is 25.5 Å². The summed E-state index contributed by atoms with van der Waals surface area (Å²) in [4.78, 5) is 19.8. The molecule has 4 heterocycles. The molecule has 7 nitrogen and oxygen atoms in total. The quantitative estimate of drug-likeness (QED) is 0.409. The number of nitrogens with zero attached hydrogens (tertiary/aromatic N) is 6. The van der Waals surface area contributed by atoms with E-state index in [9.17, 15) is 4.39 Å². The summed E-state index contributed by atoms with van der Waals surface area (Å²) in [6.07, 6.45) is 5.80. The van der Waals surface area contributed by atoms with Gasteiger partial charge in [-0.05, 0) is 69.9 Å². The van der Waals surface area contributed by atoms with Crippen LogP contribution < -0.4 is 4.74 Å². The number of piperidine rings is 1. The summed E-state index contributed by atoms with van der Waals surface area (Å²) in [7, 11) is 3.63. The largest absolute Gasteiger partial charge is 0.467 e. The Morgan fingerprint density at radius 3 is 2.57 bits per heavy atom. The molecular weight excluding hydrogens is 450 g/mol. The first-order valence-electron chi connectivity index (χ1n) is 11.8. The van der Waals surface area contributed by atoms with Crippen molar-refractivity contribution < 1.29 is 13.5 Å². The summed E-state index contributed by atoms with van der Waals surface area (Å²) in [5, 5.41) is 0. The maximum Gasteiger partial charge on any atom is 0.318 e. The molecule has 0 aliphatic carbocycles. The highest BCUT2D eigenvalue weighted by Gasteiger charge is 2.21. The molecule has 0 unspecified atom stereocenters. The number of aromatic nitrogens is 5. The predicted octanol–water partition coefficient (Wildman–Crippen LogP) is 4.42. The zero-order valence-electron chi connectivity index (χ0n) is 20.1. The molecule has 4 aromatic rings. The van der Waals surface area contributed by atoms with Crippen LogP contribution >= 0.6 is 0 Å². The fraction of sp³-hybridized carbons (Fsp3) is 0.385. The molecule has 1 saturated heterocycles. The van der Waals surface area contributed by atoms with Crippen molar-refractivity contribution >= 4 is 11.2 Å². The molecule has 9 heteroatoms. The van der Waals surface area contributed by atoms with Crippen molar-refractivity contribution in [3.05, 3.63) is 65.1 Å². The molecule has 1 aliphatic heterocycles. The van der Waals surface area contributed by atoms with Crippen molar-refractivity contribution in [2.24, 2.45) is 5.92 Å². The molecule has 0 bridgehead atoms. The SMILES string of the molecule is COc1nc(C)c2nc(-c3cncc(F)c3)n(Cc3ccc(CC4CCN(C)CC4)cc3F)c2n1. The first-order chi connectivity index (χ1) is 16.9. The molecule has 5 rings (SSSR count). The third kappa shape index (κ3) is 4.86. The Hall–Kier alpha value is -3.46. The monoisotopic (exact) mass is 478 g/mol. The maximum atomic E-state index is 15.3. The molecule has 35 heavy (non-hydrogen) atoms. The number of likely N-dealkylation sites (tertiary alicyclic amines) is 1. The smallest absolute Gasteiger partial charge is 0.318 e. The van der Waals surface area contributed by atoms with Crippen LogP contribution in [-0.2, 0) is 13.0 Å². The number of hydrogen-bond acceptors (Lipinski definition) is 6. The summed E-state index contributed by atoms with van der Waals surface area (Å²) >= 11 is 0. The van der Waals surface area contributed by atoms with E-state index in [1.807, 2.05) is 12.1 Å². The van der Waals surface area contributed by atoms with Crippen molar-refractivity contribution in [1.82, 2.24) is 29.4 Å². The van der Waals surface area contributed by atoms with Crippen molar-refractivity contribution in [2.75, 3.05) is 27.2 Å². The number of pyridine rings is 1. The molecule has 182 valence electrons. The molecule has 1 aromatic carbocycles. The minimum atomic E-state index is -0.481. The first-order valence-corrected chi connectivity index (χ1v) is 11.8. The number of rotatable bonds is 6. The number of methoxy groups -OCH3 is 1. The Labute approximate surface area is 202 Å². The van der Waals surface area contributed by atoms with Gasteiger partial charge in [-0.2, -0.15) is 9.97 Å². The standard InChI is InChI=1S/C26H28F2N6O/c1-16-23-25(32-26(30-16)35-3)34(24(31-23)20-12-21(27)14-29-13-20)15-19-5-4-18(11-22(19)28)10-17-6-8-33(2)9-7-17/h4-5,11-14,17H,6-10,15H2,1-3H3. The molecule has 0 saturated carbocycles. The van der Waals surface area contributed by atoms with Crippen LogP contribution in [0, 0.1) is 24.5 Å². The Bertz CT molecular complexity index is 1360. The van der Waals surface area contributed by atoms with Crippen molar-refractivity contribution in [3.63, 3.8) is 0 Å². The number of aryl methyl sites for hydroxylation is 1. The lowest BCUT2D eigenvalue weighted by Gasteiger charge is -2.29. The van der Waals surface area contributed by atoms with Crippen molar-refractivity contribution in [2.45, 2.75) is 32.7 Å². The van der Waals surface area contributed by atoms with Gasteiger partial charge in [0, 0.05) is 17.3 Å². The van der Waals surface area contributed by atoms with E-state index in [4.69, 9.17) is 4.74 Å². The third-order valence-electron chi connectivity index (χ3n) is 6.70. The summed E-state index contributed by atoms with van der Waals surface area (Å²) in [6, 6.07) is 7.00. The van der Waals surface area contributed by atoms with E-state index in [0.29, 0.717) is 39.7 Å². The number of benzene rings is 1. The average molecular weight is 479 g/mol. The van der Waals surface area contributed by atoms with Gasteiger partial charge in [0.25, 0.3) is 0 Å². The number of fused-ring (bicyclic) bond motifs is 1. The van der Waals surface area contributed by atoms with Gasteiger partial charge in [0.1, 0.15) is 23.0 Å². The summed E-state index contributed by atoms with van der Waals surface area (Å²) in [5.41, 5.74) is 3.63. The van der Waals surface area contributed by atoms with Gasteiger partial charge in [-0.1, -0.05) is 12.1 Å². The van der Waals surface area contributed by atoms with E-state index in [2.05, 4.69) is 31.9 Å². The van der Waals surface area contributed by atoms with E-state index in [1.165, 1.54) is 19.4 Å². The van der Waals surface area contributed by atoms with Crippen LogP contribution in [0.3, 0.4) is 0 Å². The molecule has 0 spiro atoms. The minimum Gasteiger partial charge on any atom is -0.467 e. The number of hydrogen-bond donors (Lipinski definition) is 0. The van der Waals surface area contributed by atoms with Gasteiger partial charge >= 0.3 is 6.01 Å². The first kappa shape index (κ1) is 23.3. The Balaban J connectivity index is 1.51. The predicted molar refractivity (Wildman–Crippen MR) is 129 cm³/mol. The molecule has 0 N–H and O–H groups in total. The van der Waals surface area contributed by atoms with Crippen LogP contribution in [0.15, 0.2) is 36.7 Å². The summed E-state index contributed by atoms with van der Waals surface area (Å²) < 4.78 is 36.3. The molecule has 0 radical (unpaired) electrons. The topological polar surface area (TPSA) is 69.0 Å². The molecule has 3 aromatic heterocycles. The fourth-order valence-electron chi connectivity index (χ4n) is 4.72. The van der Waals surface area contributed by atoms with Gasteiger partial charge in [-0.25, -0.2) is 13.8 Å². The summed E-state index contributed by atoms with van der Waals surface area (Å²) in [5.74, 6) is 0.255. The van der Waals surface area contributed by atoms with Gasteiger partial charge in [-0.3, -0.25) is 4.98 Å². The van der Waals surface area contributed by atoms with Crippen molar-refractivity contribution in [1.29, 1.82) is 0 Å². The van der Waals surface area contributed by atoms with E-state index < -0.39 is 5.82 Å². The second kappa shape index (κ2) is 9.65. The third-order valence-corrected chi connectivity index (χ3v) is 6.70. The van der Waals surface area contributed by atoms with Crippen LogP contribution in [-0.4, -0.2) is 56.6 Å².